The molecule has 0 aliphatic rings. The van der Waals surface area contributed by atoms with Crippen molar-refractivity contribution in [2.24, 2.45) is 0 Å². The van der Waals surface area contributed by atoms with Gasteiger partial charge in [-0.25, -0.2) is 4.79 Å². The molecule has 1 heterocycles. The summed E-state index contributed by atoms with van der Waals surface area (Å²) in [5, 5.41) is 15.7. The van der Waals surface area contributed by atoms with Gasteiger partial charge < -0.3 is 10.0 Å². The molecule has 0 atom stereocenters. The van der Waals surface area contributed by atoms with E-state index in [4.69, 9.17) is 5.11 Å². The van der Waals surface area contributed by atoms with Crippen LogP contribution in [0.5, 0.6) is 0 Å². The van der Waals surface area contributed by atoms with Gasteiger partial charge in [0.2, 0.25) is 5.91 Å². The van der Waals surface area contributed by atoms with Crippen molar-refractivity contribution in [3.63, 3.8) is 0 Å². The third-order valence-electron chi connectivity index (χ3n) is 2.83. The predicted octanol–water partition coefficient (Wildman–Crippen LogP) is 0.582. The van der Waals surface area contributed by atoms with Crippen LogP contribution in [0, 0.1) is 6.92 Å². The Morgan fingerprint density at radius 2 is 2.12 bits per heavy atom. The van der Waals surface area contributed by atoms with E-state index < -0.39 is 11.5 Å². The first-order valence-electron chi connectivity index (χ1n) is 5.26. The van der Waals surface area contributed by atoms with E-state index in [1.165, 1.54) is 25.8 Å². The minimum absolute atomic E-state index is 0.0948. The van der Waals surface area contributed by atoms with Gasteiger partial charge in [-0.15, -0.1) is 0 Å². The number of aromatic nitrogens is 2. The number of nitrogens with zero attached hydrogens (tertiary/aromatic N) is 2. The van der Waals surface area contributed by atoms with E-state index in [0.717, 1.165) is 5.69 Å². The van der Waals surface area contributed by atoms with E-state index in [2.05, 4.69) is 10.2 Å². The number of hydrogen-bond acceptors (Lipinski definition) is 3. The Bertz CT molecular complexity index is 437. The van der Waals surface area contributed by atoms with Crippen LogP contribution in [0.1, 0.15) is 25.2 Å². The van der Waals surface area contributed by atoms with Gasteiger partial charge in [-0.1, -0.05) is 0 Å². The summed E-state index contributed by atoms with van der Waals surface area (Å²) in [5.74, 6) is -1.31. The van der Waals surface area contributed by atoms with Gasteiger partial charge >= 0.3 is 5.97 Å². The highest BCUT2D eigenvalue weighted by Crippen LogP contribution is 2.14. The molecule has 0 radical (unpaired) electrons. The van der Waals surface area contributed by atoms with Crippen LogP contribution in [-0.4, -0.2) is 44.7 Å². The van der Waals surface area contributed by atoms with Crippen LogP contribution in [0.4, 0.5) is 0 Å². The number of nitrogens with one attached hydrogen (secondary N) is 1. The molecular formula is C11H17N3O3. The van der Waals surface area contributed by atoms with Gasteiger partial charge in [-0.3, -0.25) is 9.89 Å². The number of H-pyrrole nitrogens is 1. The maximum Gasteiger partial charge on any atom is 0.329 e. The Hall–Kier alpha value is -1.85. The number of amides is 1. The molecule has 0 aromatic carbocycles. The van der Waals surface area contributed by atoms with Crippen LogP contribution in [0.3, 0.4) is 0 Å². The van der Waals surface area contributed by atoms with Gasteiger partial charge in [0.15, 0.2) is 0 Å². The standard InChI is InChI=1S/C11H17N3O3/c1-7-5-8(13-12-7)6-9(15)14(4)11(2,3)10(16)17/h5H,6H2,1-4H3,(H,12,13)(H,16,17). The fourth-order valence-corrected chi connectivity index (χ4v) is 1.29. The van der Waals surface area contributed by atoms with Crippen molar-refractivity contribution in [1.82, 2.24) is 15.1 Å². The first-order valence-corrected chi connectivity index (χ1v) is 5.26. The maximum atomic E-state index is 11.9. The molecule has 0 spiro atoms. The number of rotatable bonds is 4. The zero-order chi connectivity index (χ0) is 13.2. The molecule has 0 aliphatic heterocycles. The van der Waals surface area contributed by atoms with Gasteiger partial charge in [0.25, 0.3) is 0 Å². The van der Waals surface area contributed by atoms with Crippen LogP contribution in [0.15, 0.2) is 6.07 Å². The lowest BCUT2D eigenvalue weighted by atomic mass is 10.0. The molecule has 0 aliphatic carbocycles. The van der Waals surface area contributed by atoms with Crippen LogP contribution in [-0.2, 0) is 16.0 Å². The number of aryl methyl sites for hydroxylation is 1. The van der Waals surface area contributed by atoms with E-state index in [1.807, 2.05) is 6.92 Å². The van der Waals surface area contributed by atoms with Crippen molar-refractivity contribution in [2.75, 3.05) is 7.05 Å². The molecule has 0 saturated carbocycles. The second-order valence-corrected chi connectivity index (χ2v) is 4.54. The molecular weight excluding hydrogens is 222 g/mol. The summed E-state index contributed by atoms with van der Waals surface area (Å²) in [6, 6.07) is 1.76. The Balaban J connectivity index is 2.74. The highest BCUT2D eigenvalue weighted by molar-refractivity contribution is 5.87. The number of carbonyl (C=O) groups is 2. The Morgan fingerprint density at radius 3 is 2.53 bits per heavy atom. The number of aliphatic carboxylic acids is 1. The van der Waals surface area contributed by atoms with Crippen molar-refractivity contribution >= 4 is 11.9 Å². The normalized spacial score (nSPS) is 11.3. The Kier molecular flexibility index (Phi) is 3.55. The topological polar surface area (TPSA) is 86.3 Å². The summed E-state index contributed by atoms with van der Waals surface area (Å²) >= 11 is 0. The average Bonchev–Trinajstić information content (AvgIpc) is 2.62. The molecule has 0 saturated heterocycles. The summed E-state index contributed by atoms with van der Waals surface area (Å²) in [4.78, 5) is 24.1. The number of carbonyl (C=O) groups excluding carboxylic acids is 1. The van der Waals surface area contributed by atoms with Crippen molar-refractivity contribution < 1.29 is 14.7 Å². The molecule has 1 rings (SSSR count). The number of likely N-dealkylation sites (N-methyl/N-ethyl adjacent to an activating group) is 1. The van der Waals surface area contributed by atoms with Crippen molar-refractivity contribution in [1.29, 1.82) is 0 Å². The van der Waals surface area contributed by atoms with Crippen LogP contribution in [0.25, 0.3) is 0 Å². The first kappa shape index (κ1) is 13.2. The Labute approximate surface area is 99.6 Å². The third-order valence-corrected chi connectivity index (χ3v) is 2.83. The largest absolute Gasteiger partial charge is 0.480 e. The quantitative estimate of drug-likeness (QED) is 0.804. The van der Waals surface area contributed by atoms with Crippen molar-refractivity contribution in [3.8, 4) is 0 Å². The van der Waals surface area contributed by atoms with Gasteiger partial charge in [0.05, 0.1) is 12.1 Å². The molecule has 1 amide bonds. The number of aromatic amines is 1. The van der Waals surface area contributed by atoms with Crippen molar-refractivity contribution in [3.05, 3.63) is 17.5 Å². The third kappa shape index (κ3) is 2.83. The molecule has 1 aromatic heterocycles. The highest BCUT2D eigenvalue weighted by atomic mass is 16.4. The average molecular weight is 239 g/mol. The summed E-state index contributed by atoms with van der Waals surface area (Å²) < 4.78 is 0. The van der Waals surface area contributed by atoms with E-state index in [1.54, 1.807) is 6.07 Å². The SMILES string of the molecule is Cc1cc(CC(=O)N(C)C(C)(C)C(=O)O)n[nH]1. The lowest BCUT2D eigenvalue weighted by molar-refractivity contribution is -0.155. The van der Waals surface area contributed by atoms with E-state index in [9.17, 15) is 9.59 Å². The minimum atomic E-state index is -1.22. The number of carboxylic acid groups (broad SMARTS) is 1. The summed E-state index contributed by atoms with van der Waals surface area (Å²) in [6.07, 6.45) is 0.0948. The molecule has 94 valence electrons. The highest BCUT2D eigenvalue weighted by Gasteiger charge is 2.35. The Morgan fingerprint density at radius 1 is 1.53 bits per heavy atom. The molecule has 0 fully saturated rings. The van der Waals surface area contributed by atoms with Crippen LogP contribution < -0.4 is 0 Å². The van der Waals surface area contributed by atoms with Gasteiger partial charge in [-0.2, -0.15) is 5.10 Å². The molecule has 2 N–H and O–H groups in total. The predicted molar refractivity (Wildman–Crippen MR) is 61.5 cm³/mol. The summed E-state index contributed by atoms with van der Waals surface area (Å²) in [6.45, 7) is 4.82. The lowest BCUT2D eigenvalue weighted by Gasteiger charge is -2.31. The fourth-order valence-electron chi connectivity index (χ4n) is 1.29. The summed E-state index contributed by atoms with van der Waals surface area (Å²) in [7, 11) is 1.48. The minimum Gasteiger partial charge on any atom is -0.480 e. The van der Waals surface area contributed by atoms with Gasteiger partial charge in [0, 0.05) is 12.7 Å². The summed E-state index contributed by atoms with van der Waals surface area (Å²) in [5.41, 5.74) is 0.260. The number of hydrogen-bond donors (Lipinski definition) is 2. The zero-order valence-electron chi connectivity index (χ0n) is 10.4. The van der Waals surface area contributed by atoms with Crippen LogP contribution >= 0.6 is 0 Å². The van der Waals surface area contributed by atoms with Gasteiger partial charge in [0.1, 0.15) is 5.54 Å². The van der Waals surface area contributed by atoms with E-state index in [0.29, 0.717) is 5.69 Å². The van der Waals surface area contributed by atoms with E-state index >= 15 is 0 Å². The molecule has 0 bridgehead atoms. The smallest absolute Gasteiger partial charge is 0.329 e. The second kappa shape index (κ2) is 4.57. The lowest BCUT2D eigenvalue weighted by Crippen LogP contribution is -2.51. The molecule has 6 nitrogen and oxygen atoms in total. The van der Waals surface area contributed by atoms with Crippen molar-refractivity contribution in [2.45, 2.75) is 32.7 Å². The fraction of sp³-hybridized carbons (Fsp3) is 0.545. The maximum absolute atomic E-state index is 11.9. The molecule has 17 heavy (non-hydrogen) atoms. The zero-order valence-corrected chi connectivity index (χ0v) is 10.4. The molecule has 0 unspecified atom stereocenters. The second-order valence-electron chi connectivity index (χ2n) is 4.54. The molecule has 1 aromatic rings. The molecule has 6 heteroatoms. The number of carboxylic acids is 1. The van der Waals surface area contributed by atoms with Gasteiger partial charge in [-0.05, 0) is 26.8 Å². The first-order chi connectivity index (χ1) is 7.75. The van der Waals surface area contributed by atoms with Crippen LogP contribution in [0.2, 0.25) is 0 Å². The monoisotopic (exact) mass is 239 g/mol. The van der Waals surface area contributed by atoms with E-state index in [-0.39, 0.29) is 12.3 Å².